The van der Waals surface area contributed by atoms with Crippen LogP contribution in [0, 0.1) is 12.3 Å². The molecule has 2 atom stereocenters. The van der Waals surface area contributed by atoms with E-state index in [1.165, 1.54) is 4.90 Å². The standard InChI is InChI=1S/C24H22ClN5O2/c1-13-18-10-23(6-5-20(18)29-32-13)9-15-4-3-14(16-7-17(25)12-27-11-16)8-19(15)24(23)21(31)30(2)22(26)28-24/h3-4,7-8,11-12H,5-6,9-10H2,1-2H3,(H2,26,28). The largest absolute Gasteiger partial charge is 0.369 e. The molecule has 0 radical (unpaired) electrons. The summed E-state index contributed by atoms with van der Waals surface area (Å²) in [5.41, 5.74) is 10.7. The molecule has 3 aromatic rings. The summed E-state index contributed by atoms with van der Waals surface area (Å²) in [6.07, 6.45) is 6.34. The van der Waals surface area contributed by atoms with Crippen LogP contribution in [-0.2, 0) is 29.6 Å². The minimum absolute atomic E-state index is 0.0762. The zero-order valence-corrected chi connectivity index (χ0v) is 18.6. The van der Waals surface area contributed by atoms with Gasteiger partial charge in [-0.25, -0.2) is 4.99 Å². The number of hydrogen-bond acceptors (Lipinski definition) is 6. The molecule has 2 spiro atoms. The number of nitrogens with zero attached hydrogens (tertiary/aromatic N) is 4. The third-order valence-electron chi connectivity index (χ3n) is 7.50. The van der Waals surface area contributed by atoms with Crippen molar-refractivity contribution >= 4 is 23.5 Å². The monoisotopic (exact) mass is 447 g/mol. The molecule has 162 valence electrons. The Kier molecular flexibility index (Phi) is 3.91. The molecule has 0 saturated heterocycles. The molecule has 2 unspecified atom stereocenters. The van der Waals surface area contributed by atoms with Crippen LogP contribution in [0.15, 0.2) is 46.2 Å². The number of benzene rings is 1. The predicted molar refractivity (Wildman–Crippen MR) is 120 cm³/mol. The van der Waals surface area contributed by atoms with Crippen LogP contribution in [0.2, 0.25) is 5.02 Å². The number of aliphatic imine (C=N–C) groups is 1. The van der Waals surface area contributed by atoms with Gasteiger partial charge in [0.1, 0.15) is 5.76 Å². The number of aryl methyl sites for hydroxylation is 2. The molecule has 1 aromatic carbocycles. The Morgan fingerprint density at radius 2 is 2.03 bits per heavy atom. The molecule has 2 aliphatic carbocycles. The highest BCUT2D eigenvalue weighted by Gasteiger charge is 2.66. The van der Waals surface area contributed by atoms with Gasteiger partial charge in [-0.2, -0.15) is 0 Å². The second kappa shape index (κ2) is 6.42. The van der Waals surface area contributed by atoms with Crippen molar-refractivity contribution in [3.63, 3.8) is 0 Å². The van der Waals surface area contributed by atoms with E-state index in [9.17, 15) is 4.79 Å². The van der Waals surface area contributed by atoms with Crippen molar-refractivity contribution in [2.45, 2.75) is 38.1 Å². The van der Waals surface area contributed by atoms with Crippen molar-refractivity contribution in [3.05, 3.63) is 69.8 Å². The lowest BCUT2D eigenvalue weighted by atomic mass is 9.61. The normalized spacial score (nSPS) is 26.0. The van der Waals surface area contributed by atoms with Gasteiger partial charge in [0.25, 0.3) is 5.91 Å². The SMILES string of the molecule is Cc1onc2c1CC1(CC2)Cc2ccc(-c3cncc(Cl)c3)cc2C12N=C(N)N(C)C2=O. The van der Waals surface area contributed by atoms with E-state index in [1.807, 2.05) is 13.0 Å². The van der Waals surface area contributed by atoms with Gasteiger partial charge in [0.15, 0.2) is 11.5 Å². The Hall–Kier alpha value is -3.19. The number of likely N-dealkylation sites (N-methyl/N-ethyl adjacent to an activating group) is 1. The van der Waals surface area contributed by atoms with Gasteiger partial charge in [0, 0.05) is 36.0 Å². The zero-order valence-electron chi connectivity index (χ0n) is 17.9. The Balaban J connectivity index is 1.57. The van der Waals surface area contributed by atoms with Crippen molar-refractivity contribution in [1.29, 1.82) is 0 Å². The molecule has 1 aliphatic heterocycles. The fraction of sp³-hybridized carbons (Fsp3) is 0.333. The van der Waals surface area contributed by atoms with E-state index in [1.54, 1.807) is 19.4 Å². The number of fused-ring (bicyclic) bond motifs is 4. The minimum Gasteiger partial charge on any atom is -0.369 e. The number of guanidine groups is 1. The molecular weight excluding hydrogens is 426 g/mol. The van der Waals surface area contributed by atoms with Crippen LogP contribution in [0.25, 0.3) is 11.1 Å². The Morgan fingerprint density at radius 3 is 2.78 bits per heavy atom. The van der Waals surface area contributed by atoms with Gasteiger partial charge >= 0.3 is 0 Å². The molecule has 0 fully saturated rings. The molecule has 3 aliphatic rings. The van der Waals surface area contributed by atoms with Gasteiger partial charge in [-0.3, -0.25) is 14.7 Å². The number of nitrogens with two attached hydrogens (primary N) is 1. The molecule has 1 amide bonds. The van der Waals surface area contributed by atoms with E-state index in [4.69, 9.17) is 26.9 Å². The van der Waals surface area contributed by atoms with Crippen LogP contribution in [0.4, 0.5) is 0 Å². The molecule has 32 heavy (non-hydrogen) atoms. The van der Waals surface area contributed by atoms with Crippen LogP contribution in [0.5, 0.6) is 0 Å². The molecule has 7 nitrogen and oxygen atoms in total. The Bertz CT molecular complexity index is 1330. The van der Waals surface area contributed by atoms with Crippen molar-refractivity contribution < 1.29 is 9.32 Å². The molecule has 6 rings (SSSR count). The van der Waals surface area contributed by atoms with Gasteiger partial charge in [-0.05, 0) is 61.4 Å². The lowest BCUT2D eigenvalue weighted by molar-refractivity contribution is -0.135. The van der Waals surface area contributed by atoms with E-state index in [0.717, 1.165) is 58.5 Å². The number of rotatable bonds is 1. The number of carbonyl (C=O) groups is 1. The lowest BCUT2D eigenvalue weighted by Gasteiger charge is -2.43. The number of amides is 1. The third kappa shape index (κ3) is 2.37. The Morgan fingerprint density at radius 1 is 1.19 bits per heavy atom. The quantitative estimate of drug-likeness (QED) is 0.616. The lowest BCUT2D eigenvalue weighted by Crippen LogP contribution is -2.51. The fourth-order valence-corrected chi connectivity index (χ4v) is 6.04. The average molecular weight is 448 g/mol. The molecule has 3 heterocycles. The number of carbonyl (C=O) groups excluding carboxylic acids is 1. The molecule has 8 heteroatoms. The third-order valence-corrected chi connectivity index (χ3v) is 7.70. The minimum atomic E-state index is -1.06. The van der Waals surface area contributed by atoms with E-state index >= 15 is 0 Å². The second-order valence-corrected chi connectivity index (χ2v) is 9.54. The topological polar surface area (TPSA) is 97.6 Å². The van der Waals surface area contributed by atoms with Crippen molar-refractivity contribution in [1.82, 2.24) is 15.0 Å². The maximum Gasteiger partial charge on any atom is 0.262 e. The van der Waals surface area contributed by atoms with Crippen LogP contribution >= 0.6 is 11.6 Å². The van der Waals surface area contributed by atoms with E-state index < -0.39 is 11.0 Å². The van der Waals surface area contributed by atoms with E-state index in [0.29, 0.717) is 11.4 Å². The number of halogens is 1. The number of hydrogen-bond donors (Lipinski definition) is 1. The summed E-state index contributed by atoms with van der Waals surface area (Å²) in [5, 5.41) is 4.80. The molecule has 2 aromatic heterocycles. The highest BCUT2D eigenvalue weighted by molar-refractivity contribution is 6.30. The molecule has 0 saturated carbocycles. The van der Waals surface area contributed by atoms with Crippen molar-refractivity contribution in [2.75, 3.05) is 7.05 Å². The molecule has 0 bridgehead atoms. The summed E-state index contributed by atoms with van der Waals surface area (Å²) < 4.78 is 5.48. The van der Waals surface area contributed by atoms with E-state index in [2.05, 4.69) is 28.3 Å². The summed E-state index contributed by atoms with van der Waals surface area (Å²) in [7, 11) is 1.70. The van der Waals surface area contributed by atoms with Crippen LogP contribution in [0.1, 0.15) is 34.6 Å². The first-order chi connectivity index (χ1) is 15.3. The van der Waals surface area contributed by atoms with Gasteiger partial charge in [-0.1, -0.05) is 28.9 Å². The van der Waals surface area contributed by atoms with Crippen molar-refractivity contribution in [3.8, 4) is 11.1 Å². The maximum absolute atomic E-state index is 13.9. The summed E-state index contributed by atoms with van der Waals surface area (Å²) >= 11 is 6.19. The zero-order chi connectivity index (χ0) is 22.3. The summed E-state index contributed by atoms with van der Waals surface area (Å²) in [4.78, 5) is 24.5. The first-order valence-electron chi connectivity index (χ1n) is 10.7. The van der Waals surface area contributed by atoms with Crippen molar-refractivity contribution in [2.24, 2.45) is 16.1 Å². The second-order valence-electron chi connectivity index (χ2n) is 9.11. The number of aromatic nitrogens is 2. The number of pyridine rings is 1. The van der Waals surface area contributed by atoms with Gasteiger partial charge in [0.05, 0.1) is 10.7 Å². The van der Waals surface area contributed by atoms with Gasteiger partial charge in [0.2, 0.25) is 0 Å². The van der Waals surface area contributed by atoms with Gasteiger partial charge in [-0.15, -0.1) is 0 Å². The molecule has 2 N–H and O–H groups in total. The Labute approximate surface area is 190 Å². The summed E-state index contributed by atoms with van der Waals surface area (Å²) in [6.45, 7) is 1.93. The average Bonchev–Trinajstić information content (AvgIpc) is 3.36. The first kappa shape index (κ1) is 19.5. The highest BCUT2D eigenvalue weighted by atomic mass is 35.5. The van der Waals surface area contributed by atoms with Gasteiger partial charge < -0.3 is 10.3 Å². The first-order valence-corrected chi connectivity index (χ1v) is 11.0. The smallest absolute Gasteiger partial charge is 0.262 e. The van der Waals surface area contributed by atoms with Crippen LogP contribution in [0.3, 0.4) is 0 Å². The van der Waals surface area contributed by atoms with E-state index in [-0.39, 0.29) is 11.9 Å². The summed E-state index contributed by atoms with van der Waals surface area (Å²) in [6, 6.07) is 8.12. The van der Waals surface area contributed by atoms with Crippen LogP contribution in [-0.4, -0.2) is 34.0 Å². The highest BCUT2D eigenvalue weighted by Crippen LogP contribution is 2.61. The molecular formula is C24H22ClN5O2. The summed E-state index contributed by atoms with van der Waals surface area (Å²) in [5.74, 6) is 0.990. The predicted octanol–water partition coefficient (Wildman–Crippen LogP) is 3.41. The van der Waals surface area contributed by atoms with Crippen LogP contribution < -0.4 is 5.73 Å². The maximum atomic E-state index is 13.9. The fourth-order valence-electron chi connectivity index (χ4n) is 5.86.